The molecule has 1 aromatic rings. The van der Waals surface area contributed by atoms with Crippen LogP contribution < -0.4 is 5.32 Å². The predicted molar refractivity (Wildman–Crippen MR) is 87.1 cm³/mol. The van der Waals surface area contributed by atoms with Crippen molar-refractivity contribution in [1.82, 2.24) is 15.2 Å². The molecule has 0 aromatic carbocycles. The summed E-state index contributed by atoms with van der Waals surface area (Å²) in [5.74, 6) is 0.395. The number of pyridine rings is 1. The predicted octanol–water partition coefficient (Wildman–Crippen LogP) is 2.57. The van der Waals surface area contributed by atoms with Crippen LogP contribution in [0.4, 0.5) is 4.79 Å². The standard InChI is InChI=1S/C16H24ClN3O2/c1-16(2,3)22-15(21)20-8-7-18-11-14(20)9-12-5-4-6-13(10-17)19-12/h4-6,14,18H,7-11H2,1-3H3. The number of hydrogen-bond acceptors (Lipinski definition) is 4. The number of amides is 1. The van der Waals surface area contributed by atoms with Gasteiger partial charge in [-0.15, -0.1) is 11.6 Å². The zero-order chi connectivity index (χ0) is 16.2. The highest BCUT2D eigenvalue weighted by Gasteiger charge is 2.30. The average Bonchev–Trinajstić information content (AvgIpc) is 2.46. The molecule has 0 bridgehead atoms. The van der Waals surface area contributed by atoms with Gasteiger partial charge in [0.2, 0.25) is 0 Å². The summed E-state index contributed by atoms with van der Waals surface area (Å²) in [4.78, 5) is 18.7. The number of halogens is 1. The second-order valence-corrected chi connectivity index (χ2v) is 6.76. The minimum Gasteiger partial charge on any atom is -0.444 e. The van der Waals surface area contributed by atoms with Gasteiger partial charge in [-0.05, 0) is 32.9 Å². The Morgan fingerprint density at radius 3 is 2.86 bits per heavy atom. The first-order valence-corrected chi connectivity index (χ1v) is 8.13. The van der Waals surface area contributed by atoms with E-state index in [1.807, 2.05) is 39.0 Å². The van der Waals surface area contributed by atoms with Gasteiger partial charge in [0.25, 0.3) is 0 Å². The van der Waals surface area contributed by atoms with Crippen LogP contribution in [0.2, 0.25) is 0 Å². The van der Waals surface area contributed by atoms with Crippen LogP contribution in [0.15, 0.2) is 18.2 Å². The molecular weight excluding hydrogens is 302 g/mol. The van der Waals surface area contributed by atoms with Gasteiger partial charge in [-0.25, -0.2) is 4.79 Å². The first-order valence-electron chi connectivity index (χ1n) is 7.60. The highest BCUT2D eigenvalue weighted by atomic mass is 35.5. The van der Waals surface area contributed by atoms with E-state index in [-0.39, 0.29) is 12.1 Å². The Morgan fingerprint density at radius 2 is 2.18 bits per heavy atom. The summed E-state index contributed by atoms with van der Waals surface area (Å²) in [5.41, 5.74) is 1.32. The van der Waals surface area contributed by atoms with Crippen molar-refractivity contribution in [2.75, 3.05) is 19.6 Å². The molecule has 6 heteroatoms. The van der Waals surface area contributed by atoms with Crippen molar-refractivity contribution in [3.05, 3.63) is 29.6 Å². The van der Waals surface area contributed by atoms with Crippen molar-refractivity contribution in [2.45, 2.75) is 44.7 Å². The lowest BCUT2D eigenvalue weighted by molar-refractivity contribution is 0.0121. The number of alkyl halides is 1. The van der Waals surface area contributed by atoms with Crippen LogP contribution in [-0.2, 0) is 17.0 Å². The van der Waals surface area contributed by atoms with Crippen molar-refractivity contribution >= 4 is 17.7 Å². The van der Waals surface area contributed by atoms with Crippen LogP contribution in [-0.4, -0.2) is 47.3 Å². The molecule has 1 aliphatic heterocycles. The van der Waals surface area contributed by atoms with E-state index >= 15 is 0 Å². The molecule has 1 aliphatic rings. The van der Waals surface area contributed by atoms with Gasteiger partial charge in [-0.3, -0.25) is 4.98 Å². The Balaban J connectivity index is 2.07. The highest BCUT2D eigenvalue weighted by Crippen LogP contribution is 2.16. The summed E-state index contributed by atoms with van der Waals surface area (Å²) < 4.78 is 5.51. The molecule has 0 saturated carbocycles. The third kappa shape index (κ3) is 4.85. The number of rotatable bonds is 3. The van der Waals surface area contributed by atoms with E-state index in [9.17, 15) is 4.79 Å². The number of nitrogens with zero attached hydrogens (tertiary/aromatic N) is 2. The van der Waals surface area contributed by atoms with Gasteiger partial charge in [0.15, 0.2) is 0 Å². The van der Waals surface area contributed by atoms with Gasteiger partial charge in [0.1, 0.15) is 5.60 Å². The van der Waals surface area contributed by atoms with E-state index < -0.39 is 5.60 Å². The van der Waals surface area contributed by atoms with Crippen LogP contribution >= 0.6 is 11.6 Å². The molecule has 1 saturated heterocycles. The third-order valence-electron chi connectivity index (χ3n) is 3.42. The Morgan fingerprint density at radius 1 is 1.45 bits per heavy atom. The molecule has 122 valence electrons. The van der Waals surface area contributed by atoms with Crippen molar-refractivity contribution in [2.24, 2.45) is 0 Å². The number of hydrogen-bond donors (Lipinski definition) is 1. The summed E-state index contributed by atoms with van der Waals surface area (Å²) >= 11 is 5.83. The first-order chi connectivity index (χ1) is 10.4. The minimum atomic E-state index is -0.483. The van der Waals surface area contributed by atoms with E-state index in [4.69, 9.17) is 16.3 Å². The fraction of sp³-hybridized carbons (Fsp3) is 0.625. The van der Waals surface area contributed by atoms with Crippen LogP contribution in [0.5, 0.6) is 0 Å². The largest absolute Gasteiger partial charge is 0.444 e. The molecule has 0 aliphatic carbocycles. The summed E-state index contributed by atoms with van der Waals surface area (Å²) in [6.07, 6.45) is 0.434. The molecule has 2 rings (SSSR count). The lowest BCUT2D eigenvalue weighted by Gasteiger charge is -2.37. The lowest BCUT2D eigenvalue weighted by Crippen LogP contribution is -2.55. The van der Waals surface area contributed by atoms with Gasteiger partial charge in [0.05, 0.1) is 17.6 Å². The fourth-order valence-electron chi connectivity index (χ4n) is 2.46. The van der Waals surface area contributed by atoms with Gasteiger partial charge < -0.3 is 15.0 Å². The summed E-state index contributed by atoms with van der Waals surface area (Å²) in [6, 6.07) is 5.87. The van der Waals surface area contributed by atoms with Gasteiger partial charge in [0, 0.05) is 31.7 Å². The number of piperazine rings is 1. The van der Waals surface area contributed by atoms with Gasteiger partial charge in [-0.2, -0.15) is 0 Å². The molecule has 1 unspecified atom stereocenters. The van der Waals surface area contributed by atoms with Crippen molar-refractivity contribution < 1.29 is 9.53 Å². The van der Waals surface area contributed by atoms with Gasteiger partial charge in [-0.1, -0.05) is 6.07 Å². The summed E-state index contributed by atoms with van der Waals surface area (Å²) in [5, 5.41) is 3.33. The highest BCUT2D eigenvalue weighted by molar-refractivity contribution is 6.16. The lowest BCUT2D eigenvalue weighted by atomic mass is 10.1. The van der Waals surface area contributed by atoms with Crippen molar-refractivity contribution in [3.8, 4) is 0 Å². The Labute approximate surface area is 137 Å². The summed E-state index contributed by atoms with van der Waals surface area (Å²) in [6.45, 7) is 7.82. The Hall–Kier alpha value is -1.33. The number of ether oxygens (including phenoxy) is 1. The first kappa shape index (κ1) is 17.0. The number of carbonyl (C=O) groups excluding carboxylic acids is 1. The monoisotopic (exact) mass is 325 g/mol. The van der Waals surface area contributed by atoms with Gasteiger partial charge >= 0.3 is 6.09 Å². The van der Waals surface area contributed by atoms with Crippen LogP contribution in [0.3, 0.4) is 0 Å². The normalized spacial score (nSPS) is 19.1. The number of aromatic nitrogens is 1. The fourth-order valence-corrected chi connectivity index (χ4v) is 2.61. The molecule has 0 radical (unpaired) electrons. The van der Waals surface area contributed by atoms with Crippen LogP contribution in [0, 0.1) is 0 Å². The molecule has 0 spiro atoms. The molecule has 1 aromatic heterocycles. The van der Waals surface area contributed by atoms with Crippen molar-refractivity contribution in [1.29, 1.82) is 0 Å². The van der Waals surface area contributed by atoms with E-state index in [1.54, 1.807) is 4.90 Å². The zero-order valence-electron chi connectivity index (χ0n) is 13.4. The van der Waals surface area contributed by atoms with Crippen LogP contribution in [0.1, 0.15) is 32.2 Å². The average molecular weight is 326 g/mol. The third-order valence-corrected chi connectivity index (χ3v) is 3.70. The van der Waals surface area contributed by atoms with E-state index in [0.717, 1.165) is 24.5 Å². The topological polar surface area (TPSA) is 54.5 Å². The summed E-state index contributed by atoms with van der Waals surface area (Å²) in [7, 11) is 0. The zero-order valence-corrected chi connectivity index (χ0v) is 14.2. The van der Waals surface area contributed by atoms with E-state index in [0.29, 0.717) is 18.8 Å². The maximum absolute atomic E-state index is 12.4. The number of nitrogens with one attached hydrogen (secondary N) is 1. The van der Waals surface area contributed by atoms with Crippen LogP contribution in [0.25, 0.3) is 0 Å². The van der Waals surface area contributed by atoms with Crippen molar-refractivity contribution in [3.63, 3.8) is 0 Å². The molecular formula is C16H24ClN3O2. The number of carbonyl (C=O) groups is 1. The molecule has 1 N–H and O–H groups in total. The Kier molecular flexibility index (Phi) is 5.64. The second-order valence-electron chi connectivity index (χ2n) is 6.49. The Bertz CT molecular complexity index is 516. The maximum Gasteiger partial charge on any atom is 0.410 e. The SMILES string of the molecule is CC(C)(C)OC(=O)N1CCNCC1Cc1cccc(CCl)n1. The molecule has 1 atom stereocenters. The molecule has 1 amide bonds. The second kappa shape index (κ2) is 7.29. The molecule has 2 heterocycles. The quantitative estimate of drug-likeness (QED) is 0.868. The van der Waals surface area contributed by atoms with E-state index in [2.05, 4.69) is 10.3 Å². The molecule has 5 nitrogen and oxygen atoms in total. The smallest absolute Gasteiger partial charge is 0.410 e. The maximum atomic E-state index is 12.4. The minimum absolute atomic E-state index is 0.0432. The van der Waals surface area contributed by atoms with E-state index in [1.165, 1.54) is 0 Å². The molecule has 22 heavy (non-hydrogen) atoms. The molecule has 1 fully saturated rings.